The number of halogens is 3. The highest BCUT2D eigenvalue weighted by Crippen LogP contribution is 2.66. The molecule has 158 valence electrons. The van der Waals surface area contributed by atoms with E-state index in [9.17, 15) is 13.6 Å². The first-order valence-corrected chi connectivity index (χ1v) is 10.2. The molecule has 7 nitrogen and oxygen atoms in total. The summed E-state index contributed by atoms with van der Waals surface area (Å²) >= 11 is 7.07. The van der Waals surface area contributed by atoms with Gasteiger partial charge in [0.2, 0.25) is 0 Å². The Labute approximate surface area is 180 Å². The number of ether oxygens (including phenoxy) is 1. The van der Waals surface area contributed by atoms with Crippen LogP contribution in [0.15, 0.2) is 29.5 Å². The number of anilines is 1. The van der Waals surface area contributed by atoms with Crippen LogP contribution >= 0.6 is 23.4 Å². The second-order valence-corrected chi connectivity index (χ2v) is 9.27. The SMILES string of the molecule is COC[C@]12CC1[C@@](C)(c1cc(NC(=O)c3cnc(Cl)cn3)cc(F)c1F)N=C(N)S2. The number of aliphatic imine (C=N–C) groups is 1. The molecule has 2 heterocycles. The minimum Gasteiger partial charge on any atom is -0.383 e. The zero-order valence-electron chi connectivity index (χ0n) is 16.1. The fraction of sp³-hybridized carbons (Fsp3) is 0.368. The molecule has 0 radical (unpaired) electrons. The number of benzene rings is 1. The highest BCUT2D eigenvalue weighted by molar-refractivity contribution is 8.15. The number of carbonyl (C=O) groups is 1. The Hall–Kier alpha value is -2.30. The number of amidine groups is 1. The summed E-state index contributed by atoms with van der Waals surface area (Å²) in [5.74, 6) is -2.85. The van der Waals surface area contributed by atoms with Gasteiger partial charge in [-0.15, -0.1) is 0 Å². The average Bonchev–Trinajstić information content (AvgIpc) is 3.40. The quantitative estimate of drug-likeness (QED) is 0.719. The third-order valence-corrected chi connectivity index (χ3v) is 6.90. The van der Waals surface area contributed by atoms with Crippen molar-refractivity contribution in [3.05, 3.63) is 52.6 Å². The lowest BCUT2D eigenvalue weighted by Gasteiger charge is -2.34. The van der Waals surface area contributed by atoms with Crippen LogP contribution in [-0.2, 0) is 10.3 Å². The van der Waals surface area contributed by atoms with E-state index in [1.54, 1.807) is 14.0 Å². The number of nitrogens with zero attached hydrogens (tertiary/aromatic N) is 3. The standard InChI is InChI=1S/C19H18ClF2N5O2S/c1-18(13-5-19(13,8-29-2)30-17(23)27-18)10-3-9(4-11(21)15(10)22)26-16(28)12-6-25-14(20)7-24-12/h3-4,6-7,13H,5,8H2,1-2H3,(H2,23,27)(H,26,28)/t13?,18-,19-/m1/s1. The van der Waals surface area contributed by atoms with Crippen molar-refractivity contribution >= 4 is 40.1 Å². The summed E-state index contributed by atoms with van der Waals surface area (Å²) in [6.45, 7) is 2.14. The maximum atomic E-state index is 14.9. The molecule has 1 aliphatic heterocycles. The van der Waals surface area contributed by atoms with Crippen molar-refractivity contribution in [1.82, 2.24) is 9.97 Å². The molecule has 2 aliphatic rings. The van der Waals surface area contributed by atoms with Crippen molar-refractivity contribution in [1.29, 1.82) is 0 Å². The van der Waals surface area contributed by atoms with Crippen LogP contribution in [0.5, 0.6) is 0 Å². The highest BCUT2D eigenvalue weighted by Gasteiger charge is 2.66. The van der Waals surface area contributed by atoms with Crippen molar-refractivity contribution in [3.63, 3.8) is 0 Å². The molecular weight excluding hydrogens is 436 g/mol. The molecule has 3 atom stereocenters. The normalized spacial score (nSPS) is 27.2. The lowest BCUT2D eigenvalue weighted by molar-refractivity contribution is 0.102. The topological polar surface area (TPSA) is 102 Å². The van der Waals surface area contributed by atoms with Gasteiger partial charge in [-0.2, -0.15) is 0 Å². The Morgan fingerprint density at radius 2 is 2.17 bits per heavy atom. The molecule has 0 bridgehead atoms. The summed E-state index contributed by atoms with van der Waals surface area (Å²) in [4.78, 5) is 24.5. The predicted octanol–water partition coefficient (Wildman–Crippen LogP) is 3.34. The van der Waals surface area contributed by atoms with E-state index in [1.807, 2.05) is 0 Å². The van der Waals surface area contributed by atoms with Gasteiger partial charge in [0.1, 0.15) is 10.8 Å². The summed E-state index contributed by atoms with van der Waals surface area (Å²) in [7, 11) is 1.58. The van der Waals surface area contributed by atoms with E-state index in [2.05, 4.69) is 20.3 Å². The van der Waals surface area contributed by atoms with Crippen molar-refractivity contribution in [3.8, 4) is 0 Å². The van der Waals surface area contributed by atoms with Gasteiger partial charge in [-0.25, -0.2) is 18.7 Å². The molecule has 4 rings (SSSR count). The van der Waals surface area contributed by atoms with E-state index >= 15 is 0 Å². The zero-order valence-corrected chi connectivity index (χ0v) is 17.7. The van der Waals surface area contributed by atoms with Crippen LogP contribution in [0.25, 0.3) is 0 Å². The maximum Gasteiger partial charge on any atom is 0.275 e. The number of hydrogen-bond donors (Lipinski definition) is 2. The molecule has 1 unspecified atom stereocenters. The molecule has 3 N–H and O–H groups in total. The Kier molecular flexibility index (Phi) is 5.19. The molecule has 0 spiro atoms. The van der Waals surface area contributed by atoms with E-state index in [1.165, 1.54) is 30.2 Å². The monoisotopic (exact) mass is 453 g/mol. The minimum atomic E-state index is -1.10. The van der Waals surface area contributed by atoms with Gasteiger partial charge in [-0.3, -0.25) is 9.79 Å². The van der Waals surface area contributed by atoms with Gasteiger partial charge in [0.05, 0.1) is 29.3 Å². The van der Waals surface area contributed by atoms with Gasteiger partial charge in [-0.1, -0.05) is 23.4 Å². The summed E-state index contributed by atoms with van der Waals surface area (Å²) in [6, 6.07) is 2.28. The Bertz CT molecular complexity index is 1050. The summed E-state index contributed by atoms with van der Waals surface area (Å²) in [5.41, 5.74) is 4.99. The number of hydrogen-bond acceptors (Lipinski definition) is 7. The average molecular weight is 454 g/mol. The minimum absolute atomic E-state index is 0.0190. The van der Waals surface area contributed by atoms with Gasteiger partial charge in [0, 0.05) is 30.3 Å². The van der Waals surface area contributed by atoms with Crippen LogP contribution in [0.2, 0.25) is 5.15 Å². The summed E-state index contributed by atoms with van der Waals surface area (Å²) in [6.07, 6.45) is 3.10. The Morgan fingerprint density at radius 1 is 1.40 bits per heavy atom. The molecule has 0 saturated heterocycles. The van der Waals surface area contributed by atoms with E-state index in [0.717, 1.165) is 6.07 Å². The van der Waals surface area contributed by atoms with E-state index < -0.39 is 23.1 Å². The number of carbonyl (C=O) groups excluding carboxylic acids is 1. The first-order chi connectivity index (χ1) is 14.2. The van der Waals surface area contributed by atoms with Crippen LogP contribution in [0.3, 0.4) is 0 Å². The van der Waals surface area contributed by atoms with Crippen molar-refractivity contribution < 1.29 is 18.3 Å². The number of rotatable bonds is 5. The second-order valence-electron chi connectivity index (χ2n) is 7.45. The Balaban J connectivity index is 1.69. The summed E-state index contributed by atoms with van der Waals surface area (Å²) in [5, 5.41) is 2.93. The zero-order chi connectivity index (χ0) is 21.7. The first-order valence-electron chi connectivity index (χ1n) is 9.00. The molecule has 1 fully saturated rings. The first kappa shape index (κ1) is 21.0. The highest BCUT2D eigenvalue weighted by atomic mass is 35.5. The second kappa shape index (κ2) is 7.44. The van der Waals surface area contributed by atoms with Crippen molar-refractivity contribution in [2.75, 3.05) is 19.0 Å². The maximum absolute atomic E-state index is 14.9. The predicted molar refractivity (Wildman–Crippen MR) is 111 cm³/mol. The van der Waals surface area contributed by atoms with Crippen LogP contribution in [0.4, 0.5) is 14.5 Å². The van der Waals surface area contributed by atoms with Crippen LogP contribution in [-0.4, -0.2) is 39.5 Å². The molecule has 1 aromatic carbocycles. The van der Waals surface area contributed by atoms with E-state index in [0.29, 0.717) is 13.0 Å². The fourth-order valence-corrected chi connectivity index (χ4v) is 5.53. The third kappa shape index (κ3) is 3.52. The molecular formula is C19H18ClF2N5O2S. The van der Waals surface area contributed by atoms with Crippen LogP contribution < -0.4 is 11.1 Å². The number of fused-ring (bicyclic) bond motifs is 1. The fourth-order valence-electron chi connectivity index (χ4n) is 3.98. The number of nitrogens with two attached hydrogens (primary N) is 1. The Morgan fingerprint density at radius 3 is 2.83 bits per heavy atom. The number of methoxy groups -OCH3 is 1. The van der Waals surface area contributed by atoms with Gasteiger partial charge in [0.25, 0.3) is 5.91 Å². The van der Waals surface area contributed by atoms with Crippen LogP contribution in [0.1, 0.15) is 29.4 Å². The van der Waals surface area contributed by atoms with Crippen LogP contribution in [0, 0.1) is 17.6 Å². The van der Waals surface area contributed by atoms with Crippen molar-refractivity contribution in [2.24, 2.45) is 16.6 Å². The van der Waals surface area contributed by atoms with Gasteiger partial charge < -0.3 is 15.8 Å². The summed E-state index contributed by atoms with van der Waals surface area (Å²) < 4.78 is 34.3. The molecule has 1 aromatic heterocycles. The molecule has 30 heavy (non-hydrogen) atoms. The van der Waals surface area contributed by atoms with Gasteiger partial charge >= 0.3 is 0 Å². The number of aromatic nitrogens is 2. The third-order valence-electron chi connectivity index (χ3n) is 5.43. The van der Waals surface area contributed by atoms with E-state index in [-0.39, 0.29) is 37.9 Å². The molecule has 1 amide bonds. The molecule has 11 heteroatoms. The number of thioether (sulfide) groups is 1. The van der Waals surface area contributed by atoms with Gasteiger partial charge in [-0.05, 0) is 19.4 Å². The number of nitrogens with one attached hydrogen (secondary N) is 1. The number of amides is 1. The largest absolute Gasteiger partial charge is 0.383 e. The van der Waals surface area contributed by atoms with Crippen molar-refractivity contribution in [2.45, 2.75) is 23.6 Å². The lowest BCUT2D eigenvalue weighted by Crippen LogP contribution is -2.38. The lowest BCUT2D eigenvalue weighted by atomic mass is 9.85. The van der Waals surface area contributed by atoms with Gasteiger partial charge in [0.15, 0.2) is 16.8 Å². The smallest absolute Gasteiger partial charge is 0.275 e. The molecule has 2 aromatic rings. The van der Waals surface area contributed by atoms with E-state index in [4.69, 9.17) is 22.1 Å². The molecule has 1 saturated carbocycles. The molecule has 1 aliphatic carbocycles.